The predicted molar refractivity (Wildman–Crippen MR) is 108 cm³/mol. The van der Waals surface area contributed by atoms with E-state index in [1.807, 2.05) is 51.1 Å². The van der Waals surface area contributed by atoms with Gasteiger partial charge in [-0.1, -0.05) is 12.1 Å². The highest BCUT2D eigenvalue weighted by Gasteiger charge is 2.23. The first-order valence-electron chi connectivity index (χ1n) is 8.97. The van der Waals surface area contributed by atoms with Crippen LogP contribution in [0.3, 0.4) is 0 Å². The Morgan fingerprint density at radius 1 is 1.30 bits per heavy atom. The van der Waals surface area contributed by atoms with Crippen LogP contribution < -0.4 is 10.9 Å². The van der Waals surface area contributed by atoms with Crippen LogP contribution in [-0.2, 0) is 29.5 Å². The van der Waals surface area contributed by atoms with Crippen LogP contribution in [0.1, 0.15) is 37.5 Å². The molecule has 2 aromatic rings. The Bertz CT molecular complexity index is 931. The second-order valence-electron chi connectivity index (χ2n) is 7.71. The van der Waals surface area contributed by atoms with E-state index in [4.69, 9.17) is 0 Å². The van der Waals surface area contributed by atoms with E-state index in [-0.39, 0.29) is 16.3 Å². The fourth-order valence-corrected chi connectivity index (χ4v) is 3.88. The van der Waals surface area contributed by atoms with E-state index in [1.165, 1.54) is 0 Å². The summed E-state index contributed by atoms with van der Waals surface area (Å²) in [6, 6.07) is 9.08. The standard InChI is InChI=1S/C20H25N3O3S/c1-20(2,3)27(26)13-14-5-4-6-16(11-14)22-19(25)23-10-8-15-7-9-21-18(24)17(15)12-23/h4-7,9,11H,8,10,12-13H2,1-3H3,(H,21,24)(H,22,25). The lowest BCUT2D eigenvalue weighted by molar-refractivity contribution is 0.206. The molecule has 0 spiro atoms. The zero-order valence-electron chi connectivity index (χ0n) is 15.9. The van der Waals surface area contributed by atoms with Gasteiger partial charge in [-0.25, -0.2) is 4.79 Å². The van der Waals surface area contributed by atoms with Crippen molar-refractivity contribution in [2.45, 2.75) is 44.2 Å². The summed E-state index contributed by atoms with van der Waals surface area (Å²) in [7, 11) is -1.00. The number of nitrogens with one attached hydrogen (secondary N) is 2. The maximum Gasteiger partial charge on any atom is 0.322 e. The number of pyridine rings is 1. The summed E-state index contributed by atoms with van der Waals surface area (Å²) in [5.74, 6) is 0.444. The zero-order chi connectivity index (χ0) is 19.6. The lowest BCUT2D eigenvalue weighted by Gasteiger charge is -2.28. The maximum absolute atomic E-state index is 12.6. The molecule has 0 saturated carbocycles. The lowest BCUT2D eigenvalue weighted by atomic mass is 10.0. The summed E-state index contributed by atoms with van der Waals surface area (Å²) < 4.78 is 12.1. The van der Waals surface area contributed by atoms with Crippen LogP contribution in [0.4, 0.5) is 10.5 Å². The van der Waals surface area contributed by atoms with E-state index in [2.05, 4.69) is 10.3 Å². The molecule has 1 atom stereocenters. The maximum atomic E-state index is 12.6. The zero-order valence-corrected chi connectivity index (χ0v) is 16.7. The summed E-state index contributed by atoms with van der Waals surface area (Å²) >= 11 is 0. The van der Waals surface area contributed by atoms with Crippen LogP contribution in [0.25, 0.3) is 0 Å². The van der Waals surface area contributed by atoms with Gasteiger partial charge >= 0.3 is 6.03 Å². The van der Waals surface area contributed by atoms with Crippen LogP contribution in [0.15, 0.2) is 41.3 Å². The Kier molecular flexibility index (Phi) is 5.51. The summed E-state index contributed by atoms with van der Waals surface area (Å²) in [5, 5.41) is 2.89. The van der Waals surface area contributed by atoms with Crippen molar-refractivity contribution in [3.05, 3.63) is 63.6 Å². The van der Waals surface area contributed by atoms with Crippen molar-refractivity contribution < 1.29 is 9.00 Å². The van der Waals surface area contributed by atoms with Gasteiger partial charge in [-0.3, -0.25) is 9.00 Å². The van der Waals surface area contributed by atoms with Gasteiger partial charge in [0.15, 0.2) is 0 Å². The van der Waals surface area contributed by atoms with Gasteiger partial charge in [-0.05, 0) is 56.5 Å². The molecule has 7 heteroatoms. The van der Waals surface area contributed by atoms with Crippen LogP contribution in [0.2, 0.25) is 0 Å². The second kappa shape index (κ2) is 7.68. The number of aromatic nitrogens is 1. The van der Waals surface area contributed by atoms with Gasteiger partial charge in [-0.15, -0.1) is 0 Å². The minimum atomic E-state index is -1.00. The number of carbonyl (C=O) groups excluding carboxylic acids is 1. The number of H-pyrrole nitrogens is 1. The quantitative estimate of drug-likeness (QED) is 0.849. The third kappa shape index (κ3) is 4.66. The molecule has 0 bridgehead atoms. The van der Waals surface area contributed by atoms with Gasteiger partial charge in [0.25, 0.3) is 5.56 Å². The normalized spacial score (nSPS) is 15.1. The van der Waals surface area contributed by atoms with E-state index in [0.29, 0.717) is 36.5 Å². The number of hydrogen-bond acceptors (Lipinski definition) is 3. The molecule has 1 aromatic heterocycles. The molecule has 0 radical (unpaired) electrons. The number of urea groups is 1. The molecule has 0 fully saturated rings. The first kappa shape index (κ1) is 19.4. The summed E-state index contributed by atoms with van der Waals surface area (Å²) in [6.07, 6.45) is 2.31. The first-order chi connectivity index (χ1) is 12.7. The molecular formula is C20H25N3O3S. The number of rotatable bonds is 3. The molecule has 1 unspecified atom stereocenters. The van der Waals surface area contributed by atoms with Gasteiger partial charge < -0.3 is 15.2 Å². The molecule has 2 amide bonds. The fourth-order valence-electron chi connectivity index (χ4n) is 2.97. The fraction of sp³-hybridized carbons (Fsp3) is 0.400. The van der Waals surface area contributed by atoms with Crippen molar-refractivity contribution in [2.24, 2.45) is 0 Å². The monoisotopic (exact) mass is 387 g/mol. The average molecular weight is 388 g/mol. The van der Waals surface area contributed by atoms with Gasteiger partial charge in [0, 0.05) is 45.3 Å². The molecule has 1 aliphatic rings. The lowest BCUT2D eigenvalue weighted by Crippen LogP contribution is -2.41. The molecule has 0 aliphatic carbocycles. The van der Waals surface area contributed by atoms with E-state index in [9.17, 15) is 13.8 Å². The number of amides is 2. The van der Waals surface area contributed by atoms with E-state index in [0.717, 1.165) is 11.1 Å². The number of anilines is 1. The first-order valence-corrected chi connectivity index (χ1v) is 10.3. The van der Waals surface area contributed by atoms with Crippen LogP contribution >= 0.6 is 0 Å². The molecule has 0 saturated heterocycles. The Balaban J connectivity index is 1.68. The topological polar surface area (TPSA) is 82.3 Å². The molecule has 6 nitrogen and oxygen atoms in total. The molecule has 1 aliphatic heterocycles. The Morgan fingerprint density at radius 2 is 2.07 bits per heavy atom. The molecule has 27 heavy (non-hydrogen) atoms. The van der Waals surface area contributed by atoms with E-state index >= 15 is 0 Å². The van der Waals surface area contributed by atoms with Crippen molar-refractivity contribution in [3.8, 4) is 0 Å². The largest absolute Gasteiger partial charge is 0.329 e. The van der Waals surface area contributed by atoms with E-state index < -0.39 is 10.8 Å². The van der Waals surface area contributed by atoms with Gasteiger partial charge in [0.1, 0.15) is 0 Å². The van der Waals surface area contributed by atoms with Crippen LogP contribution in [0, 0.1) is 0 Å². The average Bonchev–Trinajstić information content (AvgIpc) is 2.61. The number of aromatic amines is 1. The third-order valence-corrected chi connectivity index (χ3v) is 6.57. The third-order valence-electron chi connectivity index (χ3n) is 4.61. The molecule has 3 rings (SSSR count). The highest BCUT2D eigenvalue weighted by Crippen LogP contribution is 2.20. The second-order valence-corrected chi connectivity index (χ2v) is 9.92. The molecule has 2 N–H and O–H groups in total. The number of hydrogen-bond donors (Lipinski definition) is 2. The highest BCUT2D eigenvalue weighted by atomic mass is 32.2. The Morgan fingerprint density at radius 3 is 2.81 bits per heavy atom. The number of benzene rings is 1. The highest BCUT2D eigenvalue weighted by molar-refractivity contribution is 7.85. The van der Waals surface area contributed by atoms with Gasteiger partial charge in [0.2, 0.25) is 0 Å². The van der Waals surface area contributed by atoms with Crippen molar-refractivity contribution in [1.82, 2.24) is 9.88 Å². The molecule has 144 valence electrons. The molecular weight excluding hydrogens is 362 g/mol. The Hall–Kier alpha value is -2.41. The summed E-state index contributed by atoms with van der Waals surface area (Å²) in [5.41, 5.74) is 3.08. The van der Waals surface area contributed by atoms with Crippen molar-refractivity contribution in [1.29, 1.82) is 0 Å². The van der Waals surface area contributed by atoms with Crippen molar-refractivity contribution >= 4 is 22.5 Å². The number of nitrogens with zero attached hydrogens (tertiary/aromatic N) is 1. The predicted octanol–water partition coefficient (Wildman–Crippen LogP) is 3.01. The Labute approximate surface area is 161 Å². The van der Waals surface area contributed by atoms with Gasteiger partial charge in [0.05, 0.1) is 6.54 Å². The van der Waals surface area contributed by atoms with Crippen molar-refractivity contribution in [2.75, 3.05) is 11.9 Å². The van der Waals surface area contributed by atoms with Crippen LogP contribution in [-0.4, -0.2) is 31.4 Å². The molecule has 2 heterocycles. The number of fused-ring (bicyclic) bond motifs is 1. The van der Waals surface area contributed by atoms with Gasteiger partial charge in [-0.2, -0.15) is 0 Å². The smallest absolute Gasteiger partial charge is 0.322 e. The van der Waals surface area contributed by atoms with Crippen molar-refractivity contribution in [3.63, 3.8) is 0 Å². The van der Waals surface area contributed by atoms with Crippen LogP contribution in [0.5, 0.6) is 0 Å². The molecule has 1 aromatic carbocycles. The summed E-state index contributed by atoms with van der Waals surface area (Å²) in [6.45, 7) is 6.71. The SMILES string of the molecule is CC(C)(C)S(=O)Cc1cccc(NC(=O)N2CCc3cc[nH]c(=O)c3C2)c1. The summed E-state index contributed by atoms with van der Waals surface area (Å²) in [4.78, 5) is 28.9. The number of carbonyl (C=O) groups is 1. The minimum Gasteiger partial charge on any atom is -0.329 e. The minimum absolute atomic E-state index is 0.142. The van der Waals surface area contributed by atoms with E-state index in [1.54, 1.807) is 11.1 Å².